The summed E-state index contributed by atoms with van der Waals surface area (Å²) in [5.74, 6) is 0.499. The summed E-state index contributed by atoms with van der Waals surface area (Å²) in [7, 11) is 1.66. The number of nitrogens with zero attached hydrogens (tertiary/aromatic N) is 2. The smallest absolute Gasteiger partial charge is 0.315 e. The summed E-state index contributed by atoms with van der Waals surface area (Å²) in [6.07, 6.45) is 5.59. The van der Waals surface area contributed by atoms with Gasteiger partial charge >= 0.3 is 6.03 Å². The molecular formula is C18H23ClN4O2. The number of aromatic nitrogens is 2. The van der Waals surface area contributed by atoms with Crippen LogP contribution in [0, 0.1) is 0 Å². The number of halogens is 1. The van der Waals surface area contributed by atoms with Gasteiger partial charge in [-0.15, -0.1) is 0 Å². The topological polar surface area (TPSA) is 76.0 Å². The van der Waals surface area contributed by atoms with Crippen molar-refractivity contribution in [1.82, 2.24) is 20.2 Å². The second-order valence-corrected chi connectivity index (χ2v) is 7.11. The summed E-state index contributed by atoms with van der Waals surface area (Å²) in [4.78, 5) is 29.3. The van der Waals surface area contributed by atoms with E-state index in [2.05, 4.69) is 15.6 Å². The molecule has 2 amide bonds. The zero-order valence-corrected chi connectivity index (χ0v) is 15.3. The number of hydrogen-bond acceptors (Lipinski definition) is 3. The average Bonchev–Trinajstić information content (AvgIpc) is 2.58. The number of hydrogen-bond donors (Lipinski definition) is 2. The van der Waals surface area contributed by atoms with Crippen LogP contribution < -0.4 is 16.2 Å². The van der Waals surface area contributed by atoms with E-state index in [1.807, 2.05) is 6.92 Å². The maximum Gasteiger partial charge on any atom is 0.315 e. The zero-order chi connectivity index (χ0) is 18.0. The SMILES string of the molecule is CC(NC(=O)NC1CCCCC1)c1nc2cc(Cl)ccc2c(=O)n1C. The van der Waals surface area contributed by atoms with Crippen molar-refractivity contribution in [3.8, 4) is 0 Å². The van der Waals surface area contributed by atoms with Gasteiger partial charge in [0.25, 0.3) is 5.56 Å². The average molecular weight is 363 g/mol. The third-order valence-electron chi connectivity index (χ3n) is 4.75. The number of rotatable bonds is 3. The number of benzene rings is 1. The molecule has 1 aliphatic carbocycles. The molecule has 6 nitrogen and oxygen atoms in total. The summed E-state index contributed by atoms with van der Waals surface area (Å²) >= 11 is 6.01. The van der Waals surface area contributed by atoms with Crippen LogP contribution in [0.15, 0.2) is 23.0 Å². The van der Waals surface area contributed by atoms with Crippen LogP contribution in [0.1, 0.15) is 50.9 Å². The van der Waals surface area contributed by atoms with E-state index >= 15 is 0 Å². The zero-order valence-electron chi connectivity index (χ0n) is 14.5. The van der Waals surface area contributed by atoms with E-state index in [4.69, 9.17) is 11.6 Å². The molecule has 0 spiro atoms. The molecule has 134 valence electrons. The van der Waals surface area contributed by atoms with Crippen molar-refractivity contribution >= 4 is 28.5 Å². The normalized spacial score (nSPS) is 16.6. The molecule has 1 aliphatic rings. The minimum atomic E-state index is -0.398. The summed E-state index contributed by atoms with van der Waals surface area (Å²) in [5, 5.41) is 6.93. The van der Waals surface area contributed by atoms with E-state index in [0.29, 0.717) is 21.7 Å². The van der Waals surface area contributed by atoms with Gasteiger partial charge in [0.15, 0.2) is 0 Å². The number of carbonyl (C=O) groups excluding carboxylic acids is 1. The first kappa shape index (κ1) is 17.7. The van der Waals surface area contributed by atoms with Crippen molar-refractivity contribution in [2.45, 2.75) is 51.1 Å². The van der Waals surface area contributed by atoms with E-state index in [-0.39, 0.29) is 17.6 Å². The van der Waals surface area contributed by atoms with Gasteiger partial charge in [-0.2, -0.15) is 0 Å². The van der Waals surface area contributed by atoms with Gasteiger partial charge in [-0.05, 0) is 38.0 Å². The Balaban J connectivity index is 1.79. The van der Waals surface area contributed by atoms with E-state index in [0.717, 1.165) is 25.7 Å². The third-order valence-corrected chi connectivity index (χ3v) is 4.98. The van der Waals surface area contributed by atoms with Crippen LogP contribution >= 0.6 is 11.6 Å². The van der Waals surface area contributed by atoms with E-state index in [1.54, 1.807) is 25.2 Å². The lowest BCUT2D eigenvalue weighted by Gasteiger charge is -2.24. The van der Waals surface area contributed by atoms with Crippen LogP contribution in [0.5, 0.6) is 0 Å². The van der Waals surface area contributed by atoms with Crippen molar-refractivity contribution in [2.24, 2.45) is 7.05 Å². The summed E-state index contributed by atoms with van der Waals surface area (Å²) in [5.41, 5.74) is 0.380. The molecule has 1 aromatic carbocycles. The Kier molecular flexibility index (Phi) is 5.27. The molecule has 1 heterocycles. The van der Waals surface area contributed by atoms with Crippen LogP contribution in [0.2, 0.25) is 5.02 Å². The quantitative estimate of drug-likeness (QED) is 0.879. The van der Waals surface area contributed by atoms with Crippen LogP contribution in [-0.4, -0.2) is 21.6 Å². The number of amides is 2. The van der Waals surface area contributed by atoms with Crippen molar-refractivity contribution in [3.05, 3.63) is 39.4 Å². The van der Waals surface area contributed by atoms with Crippen molar-refractivity contribution in [2.75, 3.05) is 0 Å². The van der Waals surface area contributed by atoms with Gasteiger partial charge in [-0.25, -0.2) is 9.78 Å². The van der Waals surface area contributed by atoms with Crippen LogP contribution in [-0.2, 0) is 7.05 Å². The molecule has 2 aromatic rings. The predicted octanol–water partition coefficient (Wildman–Crippen LogP) is 3.28. The third kappa shape index (κ3) is 3.95. The fraction of sp³-hybridized carbons (Fsp3) is 0.500. The Morgan fingerprint density at radius 2 is 2.04 bits per heavy atom. The van der Waals surface area contributed by atoms with Crippen molar-refractivity contribution in [1.29, 1.82) is 0 Å². The molecule has 1 aromatic heterocycles. The molecular weight excluding hydrogens is 340 g/mol. The molecule has 0 radical (unpaired) electrons. The molecule has 0 aliphatic heterocycles. The first-order valence-corrected chi connectivity index (χ1v) is 9.06. The lowest BCUT2D eigenvalue weighted by molar-refractivity contribution is 0.229. The molecule has 1 saturated carbocycles. The molecule has 25 heavy (non-hydrogen) atoms. The molecule has 7 heteroatoms. The minimum absolute atomic E-state index is 0.155. The number of urea groups is 1. The highest BCUT2D eigenvalue weighted by Crippen LogP contribution is 2.19. The number of carbonyl (C=O) groups is 1. The number of fused-ring (bicyclic) bond motifs is 1. The highest BCUT2D eigenvalue weighted by Gasteiger charge is 2.19. The Labute approximate surface area is 151 Å². The Morgan fingerprint density at radius 1 is 1.32 bits per heavy atom. The fourth-order valence-corrected chi connectivity index (χ4v) is 3.55. The monoisotopic (exact) mass is 362 g/mol. The van der Waals surface area contributed by atoms with Gasteiger partial charge in [-0.3, -0.25) is 9.36 Å². The van der Waals surface area contributed by atoms with Crippen molar-refractivity contribution in [3.63, 3.8) is 0 Å². The Morgan fingerprint density at radius 3 is 2.76 bits per heavy atom. The maximum absolute atomic E-state index is 12.5. The lowest BCUT2D eigenvalue weighted by atomic mass is 9.96. The van der Waals surface area contributed by atoms with E-state index in [9.17, 15) is 9.59 Å². The first-order valence-electron chi connectivity index (χ1n) is 8.69. The predicted molar refractivity (Wildman–Crippen MR) is 98.9 cm³/mol. The highest BCUT2D eigenvalue weighted by atomic mass is 35.5. The van der Waals surface area contributed by atoms with Gasteiger partial charge in [-0.1, -0.05) is 30.9 Å². The molecule has 1 atom stereocenters. The van der Waals surface area contributed by atoms with Gasteiger partial charge in [0.2, 0.25) is 0 Å². The largest absolute Gasteiger partial charge is 0.335 e. The molecule has 1 unspecified atom stereocenters. The maximum atomic E-state index is 12.5. The Hall–Kier alpha value is -2.08. The fourth-order valence-electron chi connectivity index (χ4n) is 3.38. The molecule has 1 fully saturated rings. The van der Waals surface area contributed by atoms with Gasteiger partial charge < -0.3 is 10.6 Å². The lowest BCUT2D eigenvalue weighted by Crippen LogP contribution is -2.44. The van der Waals surface area contributed by atoms with E-state index < -0.39 is 6.04 Å². The highest BCUT2D eigenvalue weighted by molar-refractivity contribution is 6.31. The van der Waals surface area contributed by atoms with Crippen LogP contribution in [0.4, 0.5) is 4.79 Å². The summed E-state index contributed by atoms with van der Waals surface area (Å²) < 4.78 is 1.47. The molecule has 3 rings (SSSR count). The Bertz CT molecular complexity index is 843. The van der Waals surface area contributed by atoms with Crippen LogP contribution in [0.3, 0.4) is 0 Å². The van der Waals surface area contributed by atoms with Gasteiger partial charge in [0.1, 0.15) is 5.82 Å². The number of nitrogens with one attached hydrogen (secondary N) is 2. The minimum Gasteiger partial charge on any atom is -0.335 e. The van der Waals surface area contributed by atoms with Crippen molar-refractivity contribution < 1.29 is 4.79 Å². The second kappa shape index (κ2) is 7.44. The van der Waals surface area contributed by atoms with Gasteiger partial charge in [0.05, 0.1) is 16.9 Å². The summed E-state index contributed by atoms with van der Waals surface area (Å²) in [6.45, 7) is 1.82. The van der Waals surface area contributed by atoms with Crippen LogP contribution in [0.25, 0.3) is 10.9 Å². The first-order chi connectivity index (χ1) is 12.0. The summed E-state index contributed by atoms with van der Waals surface area (Å²) in [6, 6.07) is 4.62. The molecule has 0 bridgehead atoms. The van der Waals surface area contributed by atoms with Gasteiger partial charge in [0, 0.05) is 18.1 Å². The molecule has 0 saturated heterocycles. The molecule has 2 N–H and O–H groups in total. The van der Waals surface area contributed by atoms with E-state index in [1.165, 1.54) is 11.0 Å². The standard InChI is InChI=1S/C18H23ClN4O2/c1-11(20-18(25)21-13-6-4-3-5-7-13)16-22-15-10-12(19)8-9-14(15)17(24)23(16)2/h8-11,13H,3-7H2,1-2H3,(H2,20,21,25). The second-order valence-electron chi connectivity index (χ2n) is 6.67.